The zero-order valence-electron chi connectivity index (χ0n) is 17.5. The van der Waals surface area contributed by atoms with Gasteiger partial charge >= 0.3 is 0 Å². The third kappa shape index (κ3) is 6.48. The molecule has 2 aromatic rings. The maximum atomic E-state index is 12.4. The van der Waals surface area contributed by atoms with Gasteiger partial charge in [-0.05, 0) is 41.7 Å². The Bertz CT molecular complexity index is 750. The molecule has 0 spiro atoms. The average Bonchev–Trinajstić information content (AvgIpc) is 2.69. The SMILES string of the molecule is CCC(Oc1cccc(OC)c1)C(=O)NCCOc1ccc(C(C)(C)C)cc1. The van der Waals surface area contributed by atoms with E-state index in [1.807, 2.05) is 37.3 Å². The smallest absolute Gasteiger partial charge is 0.261 e. The number of carbonyl (C=O) groups excluding carboxylic acids is 1. The van der Waals surface area contributed by atoms with Crippen molar-refractivity contribution in [2.75, 3.05) is 20.3 Å². The Morgan fingerprint density at radius 2 is 1.71 bits per heavy atom. The first-order valence-electron chi connectivity index (χ1n) is 9.65. The highest BCUT2D eigenvalue weighted by Crippen LogP contribution is 2.24. The minimum absolute atomic E-state index is 0.116. The van der Waals surface area contributed by atoms with Crippen molar-refractivity contribution in [2.24, 2.45) is 0 Å². The van der Waals surface area contributed by atoms with E-state index in [4.69, 9.17) is 14.2 Å². The summed E-state index contributed by atoms with van der Waals surface area (Å²) in [6, 6.07) is 15.3. The van der Waals surface area contributed by atoms with Gasteiger partial charge in [0.2, 0.25) is 0 Å². The number of amides is 1. The summed E-state index contributed by atoms with van der Waals surface area (Å²) in [6.07, 6.45) is 0.0104. The summed E-state index contributed by atoms with van der Waals surface area (Å²) < 4.78 is 16.7. The number of hydrogen-bond donors (Lipinski definition) is 1. The van der Waals surface area contributed by atoms with E-state index in [-0.39, 0.29) is 11.3 Å². The molecule has 1 unspecified atom stereocenters. The van der Waals surface area contributed by atoms with Gasteiger partial charge in [0.05, 0.1) is 13.7 Å². The molecule has 0 fully saturated rings. The van der Waals surface area contributed by atoms with Crippen molar-refractivity contribution < 1.29 is 19.0 Å². The Labute approximate surface area is 168 Å². The van der Waals surface area contributed by atoms with Crippen LogP contribution in [0, 0.1) is 0 Å². The van der Waals surface area contributed by atoms with Crippen molar-refractivity contribution >= 4 is 5.91 Å². The highest BCUT2D eigenvalue weighted by molar-refractivity contribution is 5.81. The second-order valence-corrected chi connectivity index (χ2v) is 7.61. The molecule has 5 nitrogen and oxygen atoms in total. The molecule has 0 aromatic heterocycles. The number of rotatable bonds is 9. The summed E-state index contributed by atoms with van der Waals surface area (Å²) in [6.45, 7) is 9.26. The second kappa shape index (κ2) is 10.0. The minimum Gasteiger partial charge on any atom is -0.497 e. The van der Waals surface area contributed by atoms with Gasteiger partial charge in [-0.2, -0.15) is 0 Å². The molecule has 0 heterocycles. The molecule has 1 amide bonds. The molecule has 2 rings (SSSR count). The average molecular weight is 386 g/mol. The van der Waals surface area contributed by atoms with E-state index in [2.05, 4.69) is 38.2 Å². The van der Waals surface area contributed by atoms with Crippen molar-refractivity contribution in [2.45, 2.75) is 45.6 Å². The number of nitrogens with one attached hydrogen (secondary N) is 1. The first-order valence-corrected chi connectivity index (χ1v) is 9.65. The van der Waals surface area contributed by atoms with E-state index in [1.165, 1.54) is 5.56 Å². The van der Waals surface area contributed by atoms with E-state index < -0.39 is 6.10 Å². The van der Waals surface area contributed by atoms with Gasteiger partial charge < -0.3 is 19.5 Å². The summed E-state index contributed by atoms with van der Waals surface area (Å²) in [7, 11) is 1.60. The molecule has 0 aliphatic carbocycles. The Kier molecular flexibility index (Phi) is 7.73. The van der Waals surface area contributed by atoms with Crippen LogP contribution in [0.4, 0.5) is 0 Å². The molecule has 28 heavy (non-hydrogen) atoms. The predicted molar refractivity (Wildman–Crippen MR) is 111 cm³/mol. The molecule has 0 bridgehead atoms. The topological polar surface area (TPSA) is 56.8 Å². The van der Waals surface area contributed by atoms with Crippen molar-refractivity contribution in [1.82, 2.24) is 5.32 Å². The van der Waals surface area contributed by atoms with E-state index in [0.717, 1.165) is 5.75 Å². The lowest BCUT2D eigenvalue weighted by Gasteiger charge is -2.19. The van der Waals surface area contributed by atoms with Crippen molar-refractivity contribution in [1.29, 1.82) is 0 Å². The highest BCUT2D eigenvalue weighted by Gasteiger charge is 2.18. The zero-order valence-corrected chi connectivity index (χ0v) is 17.5. The summed E-state index contributed by atoms with van der Waals surface area (Å²) in [5, 5.41) is 2.87. The maximum Gasteiger partial charge on any atom is 0.261 e. The molecule has 5 heteroatoms. The van der Waals surface area contributed by atoms with Crippen molar-refractivity contribution in [3.8, 4) is 17.2 Å². The quantitative estimate of drug-likeness (QED) is 0.652. The van der Waals surface area contributed by atoms with Gasteiger partial charge in [0.25, 0.3) is 5.91 Å². The minimum atomic E-state index is -0.557. The van der Waals surface area contributed by atoms with Crippen LogP contribution in [0.2, 0.25) is 0 Å². The molecule has 2 aromatic carbocycles. The van der Waals surface area contributed by atoms with Crippen LogP contribution in [0.5, 0.6) is 17.2 Å². The maximum absolute atomic E-state index is 12.4. The normalized spacial score (nSPS) is 12.2. The predicted octanol–water partition coefficient (Wildman–Crippen LogP) is 4.35. The molecule has 1 N–H and O–H groups in total. The monoisotopic (exact) mass is 385 g/mol. The number of ether oxygens (including phenoxy) is 3. The number of carbonyl (C=O) groups is 1. The zero-order chi connectivity index (χ0) is 20.6. The van der Waals surface area contributed by atoms with Gasteiger partial charge in [-0.1, -0.05) is 45.9 Å². The van der Waals surface area contributed by atoms with E-state index in [9.17, 15) is 4.79 Å². The molecular formula is C23H31NO4. The summed E-state index contributed by atoms with van der Waals surface area (Å²) in [4.78, 5) is 12.4. The molecule has 1 atom stereocenters. The fourth-order valence-corrected chi connectivity index (χ4v) is 2.67. The Morgan fingerprint density at radius 1 is 1.04 bits per heavy atom. The number of benzene rings is 2. The van der Waals surface area contributed by atoms with Crippen LogP contribution in [0.1, 0.15) is 39.7 Å². The van der Waals surface area contributed by atoms with Crippen LogP contribution in [0.3, 0.4) is 0 Å². The van der Waals surface area contributed by atoms with Gasteiger partial charge in [0.1, 0.15) is 23.9 Å². The van der Waals surface area contributed by atoms with Gasteiger partial charge in [0.15, 0.2) is 6.10 Å². The van der Waals surface area contributed by atoms with Crippen LogP contribution in [0.25, 0.3) is 0 Å². The molecule has 0 saturated heterocycles. The van der Waals surface area contributed by atoms with Crippen LogP contribution >= 0.6 is 0 Å². The summed E-state index contributed by atoms with van der Waals surface area (Å²) in [5.41, 5.74) is 1.37. The molecular weight excluding hydrogens is 354 g/mol. The fraction of sp³-hybridized carbons (Fsp3) is 0.435. The second-order valence-electron chi connectivity index (χ2n) is 7.61. The van der Waals surface area contributed by atoms with Crippen LogP contribution < -0.4 is 19.5 Å². The Morgan fingerprint density at radius 3 is 2.32 bits per heavy atom. The number of hydrogen-bond acceptors (Lipinski definition) is 4. The first-order chi connectivity index (χ1) is 13.3. The van der Waals surface area contributed by atoms with Crippen LogP contribution in [-0.4, -0.2) is 32.3 Å². The van der Waals surface area contributed by atoms with Crippen molar-refractivity contribution in [3.05, 3.63) is 54.1 Å². The molecule has 0 aliphatic heterocycles. The third-order valence-corrected chi connectivity index (χ3v) is 4.37. The van der Waals surface area contributed by atoms with Gasteiger partial charge in [-0.15, -0.1) is 0 Å². The van der Waals surface area contributed by atoms with Gasteiger partial charge in [-0.3, -0.25) is 4.79 Å². The molecule has 0 radical (unpaired) electrons. The molecule has 0 aliphatic rings. The third-order valence-electron chi connectivity index (χ3n) is 4.37. The van der Waals surface area contributed by atoms with Gasteiger partial charge in [-0.25, -0.2) is 0 Å². The largest absolute Gasteiger partial charge is 0.497 e. The van der Waals surface area contributed by atoms with E-state index in [0.29, 0.717) is 31.1 Å². The van der Waals surface area contributed by atoms with Crippen LogP contribution in [-0.2, 0) is 10.2 Å². The van der Waals surface area contributed by atoms with E-state index >= 15 is 0 Å². The van der Waals surface area contributed by atoms with Crippen LogP contribution in [0.15, 0.2) is 48.5 Å². The highest BCUT2D eigenvalue weighted by atomic mass is 16.5. The fourth-order valence-electron chi connectivity index (χ4n) is 2.67. The molecule has 0 saturated carbocycles. The lowest BCUT2D eigenvalue weighted by Crippen LogP contribution is -2.39. The summed E-state index contributed by atoms with van der Waals surface area (Å²) >= 11 is 0. The van der Waals surface area contributed by atoms with Gasteiger partial charge in [0, 0.05) is 6.07 Å². The Hall–Kier alpha value is -2.69. The van der Waals surface area contributed by atoms with E-state index in [1.54, 1.807) is 13.2 Å². The first kappa shape index (κ1) is 21.6. The lowest BCUT2D eigenvalue weighted by atomic mass is 9.87. The Balaban J connectivity index is 1.78. The standard InChI is InChI=1S/C23H31NO4/c1-6-21(28-20-9-7-8-19(16-20)26-5)22(25)24-14-15-27-18-12-10-17(11-13-18)23(2,3)4/h7-13,16,21H,6,14-15H2,1-5H3,(H,24,25). The van der Waals surface area contributed by atoms with Crippen molar-refractivity contribution in [3.63, 3.8) is 0 Å². The molecule has 152 valence electrons. The number of methoxy groups -OCH3 is 1. The summed E-state index contributed by atoms with van der Waals surface area (Å²) in [5.74, 6) is 1.94. The lowest BCUT2D eigenvalue weighted by molar-refractivity contribution is -0.128.